The summed E-state index contributed by atoms with van der Waals surface area (Å²) >= 11 is 0. The maximum atomic E-state index is 13.7. The molecule has 25 heavy (non-hydrogen) atoms. The van der Waals surface area contributed by atoms with Gasteiger partial charge in [-0.15, -0.1) is 13.2 Å². The van der Waals surface area contributed by atoms with Gasteiger partial charge in [-0.1, -0.05) is 12.1 Å². The molecule has 0 aliphatic carbocycles. The van der Waals surface area contributed by atoms with Crippen molar-refractivity contribution in [1.29, 1.82) is 0 Å². The van der Waals surface area contributed by atoms with Crippen molar-refractivity contribution in [2.75, 3.05) is 11.9 Å². The lowest BCUT2D eigenvalue weighted by molar-refractivity contribution is -0.274. The molecular formula is C17H15F4NO3. The number of halogens is 4. The summed E-state index contributed by atoms with van der Waals surface area (Å²) in [6, 6.07) is 8.95. The standard InChI is InChI=1S/C17H15F4NO3/c1-2-24-15-8-5-12(10-14(15)18)22-16(23)9-11-3-6-13(7-4-11)25-17(19,20)21/h3-8,10H,2,9H2,1H3,(H,22,23). The van der Waals surface area contributed by atoms with E-state index >= 15 is 0 Å². The Morgan fingerprint density at radius 1 is 1.12 bits per heavy atom. The first-order valence-corrected chi connectivity index (χ1v) is 7.33. The number of nitrogens with one attached hydrogen (secondary N) is 1. The minimum Gasteiger partial charge on any atom is -0.491 e. The van der Waals surface area contributed by atoms with Crippen molar-refractivity contribution < 1.29 is 31.8 Å². The molecule has 8 heteroatoms. The third-order valence-corrected chi connectivity index (χ3v) is 3.04. The predicted molar refractivity (Wildman–Crippen MR) is 83.0 cm³/mol. The van der Waals surface area contributed by atoms with Crippen LogP contribution in [0.25, 0.3) is 0 Å². The Morgan fingerprint density at radius 3 is 2.36 bits per heavy atom. The van der Waals surface area contributed by atoms with Gasteiger partial charge in [0.1, 0.15) is 5.75 Å². The summed E-state index contributed by atoms with van der Waals surface area (Å²) < 4.78 is 58.8. The van der Waals surface area contributed by atoms with Gasteiger partial charge in [0.15, 0.2) is 11.6 Å². The number of benzene rings is 2. The molecule has 1 N–H and O–H groups in total. The smallest absolute Gasteiger partial charge is 0.491 e. The minimum atomic E-state index is -4.77. The maximum absolute atomic E-state index is 13.7. The zero-order valence-corrected chi connectivity index (χ0v) is 13.2. The highest BCUT2D eigenvalue weighted by Gasteiger charge is 2.30. The van der Waals surface area contributed by atoms with Crippen molar-refractivity contribution >= 4 is 11.6 Å². The van der Waals surface area contributed by atoms with Crippen LogP contribution in [0.1, 0.15) is 12.5 Å². The van der Waals surface area contributed by atoms with Gasteiger partial charge in [-0.25, -0.2) is 4.39 Å². The van der Waals surface area contributed by atoms with E-state index in [1.165, 1.54) is 24.3 Å². The number of anilines is 1. The third kappa shape index (κ3) is 5.98. The number of rotatable bonds is 6. The fourth-order valence-corrected chi connectivity index (χ4v) is 2.05. The topological polar surface area (TPSA) is 47.6 Å². The van der Waals surface area contributed by atoms with Gasteiger partial charge < -0.3 is 14.8 Å². The van der Waals surface area contributed by atoms with Crippen LogP contribution in [-0.4, -0.2) is 18.9 Å². The lowest BCUT2D eigenvalue weighted by atomic mass is 10.1. The lowest BCUT2D eigenvalue weighted by Crippen LogP contribution is -2.17. The minimum absolute atomic E-state index is 0.0822. The van der Waals surface area contributed by atoms with Crippen molar-refractivity contribution in [1.82, 2.24) is 0 Å². The van der Waals surface area contributed by atoms with Crippen molar-refractivity contribution in [3.8, 4) is 11.5 Å². The van der Waals surface area contributed by atoms with Crippen molar-refractivity contribution in [2.24, 2.45) is 0 Å². The molecule has 2 aromatic rings. The fourth-order valence-electron chi connectivity index (χ4n) is 2.05. The zero-order valence-electron chi connectivity index (χ0n) is 13.2. The van der Waals surface area contributed by atoms with Gasteiger partial charge in [-0.05, 0) is 36.8 Å². The molecule has 2 aromatic carbocycles. The molecule has 134 valence electrons. The van der Waals surface area contributed by atoms with Crippen molar-refractivity contribution in [3.05, 3.63) is 53.8 Å². The molecule has 2 rings (SSSR count). The molecule has 0 atom stereocenters. The van der Waals surface area contributed by atoms with Crippen LogP contribution in [0.5, 0.6) is 11.5 Å². The van der Waals surface area contributed by atoms with Gasteiger partial charge >= 0.3 is 6.36 Å². The zero-order chi connectivity index (χ0) is 18.4. The highest BCUT2D eigenvalue weighted by Crippen LogP contribution is 2.23. The van der Waals surface area contributed by atoms with E-state index < -0.39 is 18.1 Å². The highest BCUT2D eigenvalue weighted by atomic mass is 19.4. The molecule has 0 spiro atoms. The number of carbonyl (C=O) groups is 1. The average Bonchev–Trinajstić information content (AvgIpc) is 2.50. The maximum Gasteiger partial charge on any atom is 0.573 e. The molecule has 0 unspecified atom stereocenters. The number of hydrogen-bond donors (Lipinski definition) is 1. The number of alkyl halides is 3. The van der Waals surface area contributed by atoms with E-state index in [0.717, 1.165) is 18.2 Å². The van der Waals surface area contributed by atoms with E-state index in [0.29, 0.717) is 12.2 Å². The summed E-state index contributed by atoms with van der Waals surface area (Å²) in [5.41, 5.74) is 0.737. The van der Waals surface area contributed by atoms with Crippen molar-refractivity contribution in [2.45, 2.75) is 19.7 Å². The van der Waals surface area contributed by atoms with Gasteiger partial charge in [-0.2, -0.15) is 0 Å². The predicted octanol–water partition coefficient (Wildman–Crippen LogP) is 4.30. The quantitative estimate of drug-likeness (QED) is 0.784. The monoisotopic (exact) mass is 357 g/mol. The summed E-state index contributed by atoms with van der Waals surface area (Å²) in [5.74, 6) is -1.33. The second-order valence-corrected chi connectivity index (χ2v) is 4.99. The summed E-state index contributed by atoms with van der Waals surface area (Å²) in [7, 11) is 0. The van der Waals surface area contributed by atoms with E-state index in [4.69, 9.17) is 4.74 Å². The first kappa shape index (κ1) is 18.6. The van der Waals surface area contributed by atoms with Gasteiger partial charge in [-0.3, -0.25) is 4.79 Å². The van der Waals surface area contributed by atoms with E-state index in [9.17, 15) is 22.4 Å². The Morgan fingerprint density at radius 2 is 1.80 bits per heavy atom. The van der Waals surface area contributed by atoms with Crippen LogP contribution in [0.4, 0.5) is 23.2 Å². The number of amides is 1. The van der Waals surface area contributed by atoms with E-state index in [1.54, 1.807) is 6.92 Å². The van der Waals surface area contributed by atoms with E-state index in [1.807, 2.05) is 0 Å². The molecule has 0 aliphatic rings. The second-order valence-electron chi connectivity index (χ2n) is 4.99. The summed E-state index contributed by atoms with van der Waals surface area (Å²) in [6.07, 6.45) is -4.85. The van der Waals surface area contributed by atoms with Gasteiger partial charge in [0, 0.05) is 11.8 Å². The van der Waals surface area contributed by atoms with Crippen LogP contribution in [0.3, 0.4) is 0 Å². The van der Waals surface area contributed by atoms with Crippen LogP contribution in [0.2, 0.25) is 0 Å². The Balaban J connectivity index is 1.95. The number of hydrogen-bond acceptors (Lipinski definition) is 3. The molecule has 0 fully saturated rings. The highest BCUT2D eigenvalue weighted by molar-refractivity contribution is 5.92. The average molecular weight is 357 g/mol. The molecule has 0 radical (unpaired) electrons. The number of carbonyl (C=O) groups excluding carboxylic acids is 1. The lowest BCUT2D eigenvalue weighted by Gasteiger charge is -2.10. The molecule has 4 nitrogen and oxygen atoms in total. The number of ether oxygens (including phenoxy) is 2. The fraction of sp³-hybridized carbons (Fsp3) is 0.235. The Kier molecular flexibility index (Phi) is 5.84. The molecule has 0 saturated carbocycles. The van der Waals surface area contributed by atoms with Gasteiger partial charge in [0.25, 0.3) is 0 Å². The summed E-state index contributed by atoms with van der Waals surface area (Å²) in [6.45, 7) is 2.04. The van der Waals surface area contributed by atoms with Crippen LogP contribution in [-0.2, 0) is 11.2 Å². The van der Waals surface area contributed by atoms with Gasteiger partial charge in [0.05, 0.1) is 13.0 Å². The normalized spacial score (nSPS) is 11.1. The second kappa shape index (κ2) is 7.87. The Hall–Kier alpha value is -2.77. The molecule has 0 aliphatic heterocycles. The van der Waals surface area contributed by atoms with Crippen LogP contribution >= 0.6 is 0 Å². The van der Waals surface area contributed by atoms with E-state index in [-0.39, 0.29) is 23.6 Å². The summed E-state index contributed by atoms with van der Waals surface area (Å²) in [4.78, 5) is 11.9. The van der Waals surface area contributed by atoms with Crippen LogP contribution < -0.4 is 14.8 Å². The van der Waals surface area contributed by atoms with Gasteiger partial charge in [0.2, 0.25) is 5.91 Å². The SMILES string of the molecule is CCOc1ccc(NC(=O)Cc2ccc(OC(F)(F)F)cc2)cc1F. The molecule has 0 saturated heterocycles. The van der Waals surface area contributed by atoms with Crippen LogP contribution in [0, 0.1) is 5.82 Å². The largest absolute Gasteiger partial charge is 0.573 e. The third-order valence-electron chi connectivity index (χ3n) is 3.04. The molecule has 0 heterocycles. The Labute approximate surface area is 141 Å². The molecule has 1 amide bonds. The molecule has 0 aromatic heterocycles. The molecular weight excluding hydrogens is 342 g/mol. The molecule has 0 bridgehead atoms. The van der Waals surface area contributed by atoms with E-state index in [2.05, 4.69) is 10.1 Å². The van der Waals surface area contributed by atoms with Crippen LogP contribution in [0.15, 0.2) is 42.5 Å². The van der Waals surface area contributed by atoms with Crippen molar-refractivity contribution in [3.63, 3.8) is 0 Å². The summed E-state index contributed by atoms with van der Waals surface area (Å²) in [5, 5.41) is 2.51. The Bertz CT molecular complexity index is 730. The first-order valence-electron chi connectivity index (χ1n) is 7.33. The first-order chi connectivity index (χ1) is 11.8.